The van der Waals surface area contributed by atoms with E-state index in [0.29, 0.717) is 25.4 Å². The van der Waals surface area contributed by atoms with Crippen LogP contribution >= 0.6 is 0 Å². The Morgan fingerprint density at radius 3 is 2.60 bits per heavy atom. The molecule has 0 aliphatic rings. The van der Waals surface area contributed by atoms with Crippen LogP contribution in [-0.2, 0) is 16.4 Å². The molecule has 0 aliphatic carbocycles. The van der Waals surface area contributed by atoms with Crippen molar-refractivity contribution in [2.75, 3.05) is 18.4 Å². The fourth-order valence-electron chi connectivity index (χ4n) is 1.65. The molecule has 2 aromatic rings. The Bertz CT molecular complexity index is 623. The molecule has 2 rings (SSSR count). The predicted molar refractivity (Wildman–Crippen MR) is 73.8 cm³/mol. The van der Waals surface area contributed by atoms with E-state index in [1.54, 1.807) is 31.2 Å². The largest absolute Gasteiger partial charge is 0.385 e. The second-order valence-corrected chi connectivity index (χ2v) is 5.80. The summed E-state index contributed by atoms with van der Waals surface area (Å²) in [5.74, 6) is 0.559. The maximum Gasteiger partial charge on any atom is 0.240 e. The van der Waals surface area contributed by atoms with Crippen LogP contribution in [0.25, 0.3) is 0 Å². The van der Waals surface area contributed by atoms with E-state index < -0.39 is 10.0 Å². The first kappa shape index (κ1) is 14.5. The standard InChI is InChI=1S/C12H16N4O3S/c1-2-16-20(17,18)11-5-3-10(4-6-11)13-8-7-12-14-9-15-19-12/h3-6,9,13,16H,2,7-8H2,1H3. The van der Waals surface area contributed by atoms with Crippen LogP contribution in [0.5, 0.6) is 0 Å². The lowest BCUT2D eigenvalue weighted by Gasteiger charge is -2.07. The Balaban J connectivity index is 1.91. The zero-order valence-electron chi connectivity index (χ0n) is 11.0. The summed E-state index contributed by atoms with van der Waals surface area (Å²) in [7, 11) is -3.39. The van der Waals surface area contributed by atoms with Gasteiger partial charge in [0.05, 0.1) is 4.90 Å². The SMILES string of the molecule is CCNS(=O)(=O)c1ccc(NCCc2ncno2)cc1. The highest BCUT2D eigenvalue weighted by Gasteiger charge is 2.11. The van der Waals surface area contributed by atoms with Crippen LogP contribution in [0.3, 0.4) is 0 Å². The van der Waals surface area contributed by atoms with Crippen LogP contribution in [0.2, 0.25) is 0 Å². The van der Waals surface area contributed by atoms with Crippen molar-refractivity contribution in [3.8, 4) is 0 Å². The van der Waals surface area contributed by atoms with Crippen LogP contribution in [0.1, 0.15) is 12.8 Å². The van der Waals surface area contributed by atoms with Crippen LogP contribution in [0.4, 0.5) is 5.69 Å². The molecule has 0 saturated carbocycles. The van der Waals surface area contributed by atoms with E-state index in [1.807, 2.05) is 0 Å². The van der Waals surface area contributed by atoms with Crippen molar-refractivity contribution in [1.29, 1.82) is 0 Å². The van der Waals surface area contributed by atoms with Crippen molar-refractivity contribution < 1.29 is 12.9 Å². The molecule has 0 spiro atoms. The molecular weight excluding hydrogens is 280 g/mol. The first-order valence-electron chi connectivity index (χ1n) is 6.21. The van der Waals surface area contributed by atoms with Gasteiger partial charge in [0.15, 0.2) is 6.33 Å². The lowest BCUT2D eigenvalue weighted by Crippen LogP contribution is -2.23. The first-order chi connectivity index (χ1) is 9.62. The third kappa shape index (κ3) is 3.78. The molecule has 0 unspecified atom stereocenters. The predicted octanol–water partition coefficient (Wildman–Crippen LogP) is 1.02. The maximum absolute atomic E-state index is 11.8. The van der Waals surface area contributed by atoms with Gasteiger partial charge in [-0.25, -0.2) is 13.1 Å². The van der Waals surface area contributed by atoms with Gasteiger partial charge >= 0.3 is 0 Å². The topological polar surface area (TPSA) is 97.1 Å². The zero-order valence-corrected chi connectivity index (χ0v) is 11.9. The number of sulfonamides is 1. The molecule has 0 fully saturated rings. The molecule has 1 heterocycles. The summed E-state index contributed by atoms with van der Waals surface area (Å²) in [5, 5.41) is 6.67. The summed E-state index contributed by atoms with van der Waals surface area (Å²) in [4.78, 5) is 4.16. The van der Waals surface area contributed by atoms with Gasteiger partial charge < -0.3 is 9.84 Å². The van der Waals surface area contributed by atoms with Crippen molar-refractivity contribution >= 4 is 15.7 Å². The average molecular weight is 296 g/mol. The normalized spacial score (nSPS) is 11.4. The van der Waals surface area contributed by atoms with E-state index in [-0.39, 0.29) is 4.90 Å². The van der Waals surface area contributed by atoms with Gasteiger partial charge in [0, 0.05) is 25.2 Å². The molecule has 108 valence electrons. The maximum atomic E-state index is 11.8. The van der Waals surface area contributed by atoms with Gasteiger partial charge in [0.25, 0.3) is 0 Å². The Morgan fingerprint density at radius 2 is 2.00 bits per heavy atom. The van der Waals surface area contributed by atoms with E-state index in [4.69, 9.17) is 4.52 Å². The Hall–Kier alpha value is -1.93. The Labute approximate surface area is 117 Å². The molecule has 7 nitrogen and oxygen atoms in total. The second kappa shape index (κ2) is 6.49. The fourth-order valence-corrected chi connectivity index (χ4v) is 2.69. The van der Waals surface area contributed by atoms with Gasteiger partial charge in [0.1, 0.15) is 0 Å². The number of hydrogen-bond acceptors (Lipinski definition) is 6. The quantitative estimate of drug-likeness (QED) is 0.792. The minimum Gasteiger partial charge on any atom is -0.385 e. The highest BCUT2D eigenvalue weighted by molar-refractivity contribution is 7.89. The highest BCUT2D eigenvalue weighted by atomic mass is 32.2. The third-order valence-corrected chi connectivity index (χ3v) is 4.14. The minimum atomic E-state index is -3.39. The number of anilines is 1. The van der Waals surface area contributed by atoms with Crippen LogP contribution in [-0.4, -0.2) is 31.6 Å². The lowest BCUT2D eigenvalue weighted by molar-refractivity contribution is 0.380. The van der Waals surface area contributed by atoms with Gasteiger partial charge in [-0.05, 0) is 24.3 Å². The molecule has 2 N–H and O–H groups in total. The van der Waals surface area contributed by atoms with Crippen molar-refractivity contribution in [2.45, 2.75) is 18.2 Å². The Morgan fingerprint density at radius 1 is 1.25 bits per heavy atom. The smallest absolute Gasteiger partial charge is 0.240 e. The number of hydrogen-bond donors (Lipinski definition) is 2. The van der Waals surface area contributed by atoms with Gasteiger partial charge in [-0.2, -0.15) is 4.98 Å². The number of nitrogens with zero attached hydrogens (tertiary/aromatic N) is 2. The summed E-state index contributed by atoms with van der Waals surface area (Å²) in [6, 6.07) is 6.57. The molecule has 0 radical (unpaired) electrons. The summed E-state index contributed by atoms with van der Waals surface area (Å²) in [6.07, 6.45) is 1.97. The van der Waals surface area contributed by atoms with Crippen LogP contribution in [0, 0.1) is 0 Å². The zero-order chi connectivity index (χ0) is 14.4. The monoisotopic (exact) mass is 296 g/mol. The lowest BCUT2D eigenvalue weighted by atomic mass is 10.3. The van der Waals surface area contributed by atoms with Crippen LogP contribution < -0.4 is 10.0 Å². The van der Waals surface area contributed by atoms with Crippen molar-refractivity contribution in [2.24, 2.45) is 0 Å². The summed E-state index contributed by atoms with van der Waals surface area (Å²) >= 11 is 0. The molecule has 1 aromatic heterocycles. The number of aromatic nitrogens is 2. The van der Waals surface area contributed by atoms with E-state index in [0.717, 1.165) is 5.69 Å². The van der Waals surface area contributed by atoms with Gasteiger partial charge in [-0.1, -0.05) is 12.1 Å². The minimum absolute atomic E-state index is 0.252. The molecule has 1 aromatic carbocycles. The number of benzene rings is 1. The van der Waals surface area contributed by atoms with E-state index in [9.17, 15) is 8.42 Å². The second-order valence-electron chi connectivity index (χ2n) is 4.04. The van der Waals surface area contributed by atoms with E-state index in [1.165, 1.54) is 6.33 Å². The molecule has 0 bridgehead atoms. The average Bonchev–Trinajstić information content (AvgIpc) is 2.92. The summed E-state index contributed by atoms with van der Waals surface area (Å²) in [5.41, 5.74) is 0.833. The van der Waals surface area contributed by atoms with Crippen LogP contribution in [0.15, 0.2) is 40.0 Å². The molecule has 20 heavy (non-hydrogen) atoms. The molecule has 0 aliphatic heterocycles. The molecule has 0 atom stereocenters. The summed E-state index contributed by atoms with van der Waals surface area (Å²) < 4.78 is 30.8. The fraction of sp³-hybridized carbons (Fsp3) is 0.333. The third-order valence-electron chi connectivity index (χ3n) is 2.57. The summed E-state index contributed by atoms with van der Waals surface area (Å²) in [6.45, 7) is 2.74. The first-order valence-corrected chi connectivity index (χ1v) is 7.69. The molecular formula is C12H16N4O3S. The molecule has 0 amide bonds. The van der Waals surface area contributed by atoms with Crippen molar-refractivity contribution in [3.05, 3.63) is 36.5 Å². The van der Waals surface area contributed by atoms with E-state index in [2.05, 4.69) is 20.2 Å². The molecule has 8 heteroatoms. The van der Waals surface area contributed by atoms with Gasteiger partial charge in [0.2, 0.25) is 15.9 Å². The highest BCUT2D eigenvalue weighted by Crippen LogP contribution is 2.13. The van der Waals surface area contributed by atoms with Gasteiger partial charge in [-0.3, -0.25) is 0 Å². The molecule has 0 saturated heterocycles. The number of nitrogens with one attached hydrogen (secondary N) is 2. The van der Waals surface area contributed by atoms with Crippen molar-refractivity contribution in [1.82, 2.24) is 14.9 Å². The van der Waals surface area contributed by atoms with Crippen molar-refractivity contribution in [3.63, 3.8) is 0 Å². The Kier molecular flexibility index (Phi) is 4.70. The van der Waals surface area contributed by atoms with Gasteiger partial charge in [-0.15, -0.1) is 0 Å². The number of rotatable bonds is 7. The van der Waals surface area contributed by atoms with E-state index >= 15 is 0 Å².